The van der Waals surface area contributed by atoms with E-state index in [2.05, 4.69) is 13.0 Å². The van der Waals surface area contributed by atoms with Crippen molar-refractivity contribution in [1.29, 1.82) is 5.26 Å². The minimum Gasteiger partial charge on any atom is -0.311 e. The molecule has 0 heterocycles. The molecule has 1 aliphatic carbocycles. The van der Waals surface area contributed by atoms with Crippen LogP contribution in [0.1, 0.15) is 51.9 Å². The van der Waals surface area contributed by atoms with Crippen LogP contribution in [-0.2, 0) is 4.79 Å². The van der Waals surface area contributed by atoms with Gasteiger partial charge in [-0.05, 0) is 31.4 Å². The van der Waals surface area contributed by atoms with Crippen molar-refractivity contribution in [3.63, 3.8) is 0 Å². The standard InChI is InChI=1S/C18H24N2O/c1-2-3-14-20(16-10-6-4-7-11-16)17(21)18(15-19)12-8-5-9-13-18/h4,6-7,10-11H,2-3,5,8-9,12-14H2,1H3. The topological polar surface area (TPSA) is 44.1 Å². The molecule has 1 fully saturated rings. The van der Waals surface area contributed by atoms with Crippen molar-refractivity contribution in [2.75, 3.05) is 11.4 Å². The summed E-state index contributed by atoms with van der Waals surface area (Å²) in [5.74, 6) is 0.00403. The van der Waals surface area contributed by atoms with E-state index in [0.29, 0.717) is 19.4 Å². The Kier molecular flexibility index (Phi) is 5.38. The lowest BCUT2D eigenvalue weighted by Crippen LogP contribution is -2.45. The second-order valence-corrected chi connectivity index (χ2v) is 5.90. The highest BCUT2D eigenvalue weighted by Crippen LogP contribution is 2.38. The maximum absolute atomic E-state index is 13.1. The zero-order valence-corrected chi connectivity index (χ0v) is 12.8. The lowest BCUT2D eigenvalue weighted by atomic mass is 9.74. The number of anilines is 1. The van der Waals surface area contributed by atoms with Gasteiger partial charge in [0, 0.05) is 12.2 Å². The number of nitrogens with zero attached hydrogens (tertiary/aromatic N) is 2. The van der Waals surface area contributed by atoms with Crippen LogP contribution in [0.4, 0.5) is 5.69 Å². The van der Waals surface area contributed by atoms with E-state index in [1.165, 1.54) is 0 Å². The van der Waals surface area contributed by atoms with Crippen molar-refractivity contribution in [2.24, 2.45) is 5.41 Å². The van der Waals surface area contributed by atoms with Crippen LogP contribution in [0.25, 0.3) is 0 Å². The average Bonchev–Trinajstić information content (AvgIpc) is 2.56. The van der Waals surface area contributed by atoms with E-state index >= 15 is 0 Å². The normalized spacial score (nSPS) is 17.0. The summed E-state index contributed by atoms with van der Waals surface area (Å²) in [6, 6.07) is 12.1. The molecule has 0 N–H and O–H groups in total. The molecular weight excluding hydrogens is 260 g/mol. The van der Waals surface area contributed by atoms with Crippen LogP contribution in [0.15, 0.2) is 30.3 Å². The fraction of sp³-hybridized carbons (Fsp3) is 0.556. The molecule has 3 nitrogen and oxygen atoms in total. The Labute approximate surface area is 127 Å². The maximum atomic E-state index is 13.1. The fourth-order valence-corrected chi connectivity index (χ4v) is 3.06. The number of para-hydroxylation sites is 1. The predicted molar refractivity (Wildman–Crippen MR) is 84.8 cm³/mol. The summed E-state index contributed by atoms with van der Waals surface area (Å²) in [7, 11) is 0. The number of carbonyl (C=O) groups is 1. The second kappa shape index (κ2) is 7.26. The number of nitriles is 1. The van der Waals surface area contributed by atoms with Crippen molar-refractivity contribution in [1.82, 2.24) is 0 Å². The quantitative estimate of drug-likeness (QED) is 0.809. The Morgan fingerprint density at radius 3 is 2.48 bits per heavy atom. The van der Waals surface area contributed by atoms with Crippen LogP contribution in [0.2, 0.25) is 0 Å². The van der Waals surface area contributed by atoms with E-state index in [0.717, 1.165) is 37.8 Å². The molecule has 0 atom stereocenters. The molecule has 0 unspecified atom stereocenters. The highest BCUT2D eigenvalue weighted by Gasteiger charge is 2.42. The van der Waals surface area contributed by atoms with Crippen molar-refractivity contribution >= 4 is 11.6 Å². The summed E-state index contributed by atoms with van der Waals surface area (Å²) in [6.07, 6.45) is 6.51. The lowest BCUT2D eigenvalue weighted by Gasteiger charge is -2.35. The van der Waals surface area contributed by atoms with Gasteiger partial charge < -0.3 is 4.90 Å². The van der Waals surface area contributed by atoms with Gasteiger partial charge in [0.25, 0.3) is 0 Å². The van der Waals surface area contributed by atoms with Crippen LogP contribution < -0.4 is 4.90 Å². The number of hydrogen-bond acceptors (Lipinski definition) is 2. The Morgan fingerprint density at radius 2 is 1.90 bits per heavy atom. The largest absolute Gasteiger partial charge is 0.311 e. The predicted octanol–water partition coefficient (Wildman–Crippen LogP) is 4.29. The summed E-state index contributed by atoms with van der Waals surface area (Å²) in [5, 5.41) is 9.64. The van der Waals surface area contributed by atoms with Gasteiger partial charge in [-0.15, -0.1) is 0 Å². The Morgan fingerprint density at radius 1 is 1.24 bits per heavy atom. The van der Waals surface area contributed by atoms with Crippen LogP contribution in [0, 0.1) is 16.7 Å². The molecule has 0 bridgehead atoms. The molecular formula is C18H24N2O. The summed E-state index contributed by atoms with van der Waals surface area (Å²) < 4.78 is 0. The first kappa shape index (κ1) is 15.6. The van der Waals surface area contributed by atoms with Crippen LogP contribution in [0.5, 0.6) is 0 Å². The van der Waals surface area contributed by atoms with E-state index in [1.807, 2.05) is 35.2 Å². The highest BCUT2D eigenvalue weighted by atomic mass is 16.2. The van der Waals surface area contributed by atoms with Crippen LogP contribution in [0.3, 0.4) is 0 Å². The smallest absolute Gasteiger partial charge is 0.247 e. The second-order valence-electron chi connectivity index (χ2n) is 5.90. The van der Waals surface area contributed by atoms with E-state index in [1.54, 1.807) is 0 Å². The molecule has 0 saturated heterocycles. The minimum atomic E-state index is -0.804. The minimum absolute atomic E-state index is 0.00403. The molecule has 21 heavy (non-hydrogen) atoms. The molecule has 1 aromatic rings. The van der Waals surface area contributed by atoms with Gasteiger partial charge >= 0.3 is 0 Å². The maximum Gasteiger partial charge on any atom is 0.247 e. The average molecular weight is 284 g/mol. The number of amides is 1. The molecule has 112 valence electrons. The van der Waals surface area contributed by atoms with Gasteiger partial charge in [0.2, 0.25) is 5.91 Å². The van der Waals surface area contributed by atoms with Crippen LogP contribution in [-0.4, -0.2) is 12.5 Å². The molecule has 3 heteroatoms. The molecule has 0 spiro atoms. The molecule has 1 amide bonds. The SMILES string of the molecule is CCCCN(C(=O)C1(C#N)CCCCC1)c1ccccc1. The fourth-order valence-electron chi connectivity index (χ4n) is 3.06. The summed E-state index contributed by atoms with van der Waals surface area (Å²) in [5.41, 5.74) is 0.109. The zero-order valence-electron chi connectivity index (χ0n) is 12.8. The van der Waals surface area contributed by atoms with Gasteiger partial charge in [0.05, 0.1) is 6.07 Å². The molecule has 1 aliphatic rings. The zero-order chi connectivity index (χ0) is 15.1. The van der Waals surface area contributed by atoms with Crippen molar-refractivity contribution in [2.45, 2.75) is 51.9 Å². The monoisotopic (exact) mass is 284 g/mol. The number of unbranched alkanes of at least 4 members (excludes halogenated alkanes) is 1. The third-order valence-electron chi connectivity index (χ3n) is 4.38. The Bertz CT molecular complexity index is 498. The van der Waals surface area contributed by atoms with Gasteiger partial charge in [-0.2, -0.15) is 5.26 Å². The molecule has 1 saturated carbocycles. The van der Waals surface area contributed by atoms with Crippen molar-refractivity contribution in [3.8, 4) is 6.07 Å². The Hall–Kier alpha value is -1.82. The molecule has 2 rings (SSSR count). The Balaban J connectivity index is 2.27. The summed E-state index contributed by atoms with van der Waals surface area (Å²) in [4.78, 5) is 14.9. The van der Waals surface area contributed by atoms with E-state index in [9.17, 15) is 10.1 Å². The van der Waals surface area contributed by atoms with Crippen molar-refractivity contribution < 1.29 is 4.79 Å². The summed E-state index contributed by atoms with van der Waals surface area (Å²) in [6.45, 7) is 2.82. The van der Waals surface area contributed by atoms with Crippen molar-refractivity contribution in [3.05, 3.63) is 30.3 Å². The number of rotatable bonds is 5. The first-order chi connectivity index (χ1) is 10.2. The molecule has 0 aromatic heterocycles. The van der Waals surface area contributed by atoms with Gasteiger partial charge in [0.15, 0.2) is 0 Å². The third kappa shape index (κ3) is 3.44. The number of benzene rings is 1. The number of carbonyl (C=O) groups excluding carboxylic acids is 1. The van der Waals surface area contributed by atoms with Gasteiger partial charge in [-0.3, -0.25) is 4.79 Å². The third-order valence-corrected chi connectivity index (χ3v) is 4.38. The highest BCUT2D eigenvalue weighted by molar-refractivity contribution is 5.99. The van der Waals surface area contributed by atoms with E-state index < -0.39 is 5.41 Å². The molecule has 1 aromatic carbocycles. The first-order valence-electron chi connectivity index (χ1n) is 8.02. The van der Waals surface area contributed by atoms with E-state index in [4.69, 9.17) is 0 Å². The van der Waals surface area contributed by atoms with Gasteiger partial charge in [-0.25, -0.2) is 0 Å². The van der Waals surface area contributed by atoms with Crippen LogP contribution >= 0.6 is 0 Å². The van der Waals surface area contributed by atoms with E-state index in [-0.39, 0.29) is 5.91 Å². The first-order valence-corrected chi connectivity index (χ1v) is 8.02. The molecule has 0 radical (unpaired) electrons. The summed E-state index contributed by atoms with van der Waals surface area (Å²) >= 11 is 0. The molecule has 0 aliphatic heterocycles. The van der Waals surface area contributed by atoms with Gasteiger partial charge in [0.1, 0.15) is 5.41 Å². The number of hydrogen-bond donors (Lipinski definition) is 0. The lowest BCUT2D eigenvalue weighted by molar-refractivity contribution is -0.126. The van der Waals surface area contributed by atoms with Gasteiger partial charge in [-0.1, -0.05) is 50.8 Å².